The fourth-order valence-corrected chi connectivity index (χ4v) is 4.57. The minimum atomic E-state index is 0.0768. The van der Waals surface area contributed by atoms with Gasteiger partial charge in [-0.2, -0.15) is 0 Å². The molecule has 0 aromatic carbocycles. The summed E-state index contributed by atoms with van der Waals surface area (Å²) in [5, 5.41) is 0. The first-order valence-electron chi connectivity index (χ1n) is 8.98. The second kappa shape index (κ2) is 6.04. The Bertz CT molecular complexity index is 398. The summed E-state index contributed by atoms with van der Waals surface area (Å²) in [7, 11) is 0. The van der Waals surface area contributed by atoms with Crippen LogP contribution in [0.2, 0.25) is 0 Å². The van der Waals surface area contributed by atoms with Crippen LogP contribution in [0.5, 0.6) is 0 Å². The van der Waals surface area contributed by atoms with Gasteiger partial charge < -0.3 is 9.47 Å². The lowest BCUT2D eigenvalue weighted by atomic mass is 9.76. The number of hydrogen-bond acceptors (Lipinski definition) is 2. The summed E-state index contributed by atoms with van der Waals surface area (Å²) in [6.45, 7) is 10.3. The van der Waals surface area contributed by atoms with Crippen molar-refractivity contribution in [2.45, 2.75) is 85.0 Å². The molecule has 0 aromatic heterocycles. The van der Waals surface area contributed by atoms with Crippen LogP contribution in [0.15, 0.2) is 11.1 Å². The SMILES string of the molecule is CCCC1CC(CC(C)(C)C)C2=C1C(OC1CCCO1)C2. The molecule has 0 aromatic rings. The quantitative estimate of drug-likeness (QED) is 0.658. The molecule has 4 unspecified atom stereocenters. The third-order valence-electron chi connectivity index (χ3n) is 5.32. The van der Waals surface area contributed by atoms with Crippen LogP contribution in [0.25, 0.3) is 0 Å². The Morgan fingerprint density at radius 3 is 2.67 bits per heavy atom. The Kier molecular flexibility index (Phi) is 4.47. The number of ether oxygens (including phenoxy) is 2. The van der Waals surface area contributed by atoms with Gasteiger partial charge in [0.15, 0.2) is 6.29 Å². The van der Waals surface area contributed by atoms with Gasteiger partial charge in [0.2, 0.25) is 0 Å². The molecule has 2 heteroatoms. The smallest absolute Gasteiger partial charge is 0.158 e. The van der Waals surface area contributed by atoms with E-state index in [-0.39, 0.29) is 6.29 Å². The number of rotatable bonds is 5. The Morgan fingerprint density at radius 1 is 1.24 bits per heavy atom. The maximum absolute atomic E-state index is 6.24. The highest BCUT2D eigenvalue weighted by molar-refractivity contribution is 5.39. The molecule has 0 spiro atoms. The molecule has 120 valence electrons. The molecule has 1 heterocycles. The van der Waals surface area contributed by atoms with Crippen molar-refractivity contribution in [1.82, 2.24) is 0 Å². The lowest BCUT2D eigenvalue weighted by Crippen LogP contribution is -2.33. The second-order valence-electron chi connectivity index (χ2n) is 8.44. The highest BCUT2D eigenvalue weighted by Crippen LogP contribution is 2.54. The van der Waals surface area contributed by atoms with E-state index in [0.29, 0.717) is 11.5 Å². The molecule has 21 heavy (non-hydrogen) atoms. The van der Waals surface area contributed by atoms with E-state index in [0.717, 1.165) is 31.3 Å². The molecular weight excluding hydrogens is 260 g/mol. The zero-order valence-electron chi connectivity index (χ0n) is 14.3. The predicted octanol–water partition coefficient (Wildman–Crippen LogP) is 5.08. The zero-order chi connectivity index (χ0) is 15.0. The van der Waals surface area contributed by atoms with Crippen LogP contribution in [0.1, 0.15) is 72.6 Å². The largest absolute Gasteiger partial charge is 0.353 e. The van der Waals surface area contributed by atoms with Crippen LogP contribution in [-0.4, -0.2) is 19.0 Å². The average Bonchev–Trinajstić information content (AvgIpc) is 2.91. The normalized spacial score (nSPS) is 36.0. The van der Waals surface area contributed by atoms with Crippen molar-refractivity contribution in [2.24, 2.45) is 17.3 Å². The van der Waals surface area contributed by atoms with E-state index in [4.69, 9.17) is 9.47 Å². The van der Waals surface area contributed by atoms with Gasteiger partial charge in [0.25, 0.3) is 0 Å². The van der Waals surface area contributed by atoms with Gasteiger partial charge in [-0.3, -0.25) is 0 Å². The molecule has 0 radical (unpaired) electrons. The molecule has 4 atom stereocenters. The van der Waals surface area contributed by atoms with Crippen LogP contribution >= 0.6 is 0 Å². The Morgan fingerprint density at radius 2 is 2.05 bits per heavy atom. The topological polar surface area (TPSA) is 18.5 Å². The van der Waals surface area contributed by atoms with Crippen molar-refractivity contribution in [3.63, 3.8) is 0 Å². The van der Waals surface area contributed by atoms with Crippen molar-refractivity contribution >= 4 is 0 Å². The van der Waals surface area contributed by atoms with Gasteiger partial charge in [0.05, 0.1) is 6.10 Å². The van der Waals surface area contributed by atoms with Gasteiger partial charge in [-0.05, 0) is 54.9 Å². The third-order valence-corrected chi connectivity index (χ3v) is 5.32. The van der Waals surface area contributed by atoms with Crippen LogP contribution in [-0.2, 0) is 9.47 Å². The Labute approximate surface area is 130 Å². The van der Waals surface area contributed by atoms with Gasteiger partial charge >= 0.3 is 0 Å². The van der Waals surface area contributed by atoms with Gasteiger partial charge in [-0.15, -0.1) is 0 Å². The van der Waals surface area contributed by atoms with Crippen molar-refractivity contribution in [2.75, 3.05) is 6.61 Å². The summed E-state index contributed by atoms with van der Waals surface area (Å²) in [5.74, 6) is 1.61. The maximum atomic E-state index is 6.24. The first-order chi connectivity index (χ1) is 9.98. The molecule has 1 aliphatic heterocycles. The summed E-state index contributed by atoms with van der Waals surface area (Å²) in [4.78, 5) is 0. The fourth-order valence-electron chi connectivity index (χ4n) is 4.57. The zero-order valence-corrected chi connectivity index (χ0v) is 14.3. The van der Waals surface area contributed by atoms with Gasteiger partial charge in [-0.25, -0.2) is 0 Å². The van der Waals surface area contributed by atoms with Gasteiger partial charge in [0.1, 0.15) is 0 Å². The van der Waals surface area contributed by atoms with Crippen molar-refractivity contribution in [3.05, 3.63) is 11.1 Å². The van der Waals surface area contributed by atoms with Crippen molar-refractivity contribution < 1.29 is 9.47 Å². The summed E-state index contributed by atoms with van der Waals surface area (Å²) in [5.41, 5.74) is 3.87. The Balaban J connectivity index is 1.67. The van der Waals surface area contributed by atoms with Crippen molar-refractivity contribution in [3.8, 4) is 0 Å². The minimum Gasteiger partial charge on any atom is -0.353 e. The molecule has 1 saturated heterocycles. The molecule has 0 N–H and O–H groups in total. The lowest BCUT2D eigenvalue weighted by Gasteiger charge is -2.36. The molecule has 2 aliphatic carbocycles. The standard InChI is InChI=1S/C19H32O2/c1-5-7-13-10-14(12-19(2,3)4)15-11-16(18(13)15)21-17-8-6-9-20-17/h13-14,16-17H,5-12H2,1-4H3. The van der Waals surface area contributed by atoms with Crippen LogP contribution in [0.3, 0.4) is 0 Å². The molecular formula is C19H32O2. The van der Waals surface area contributed by atoms with E-state index < -0.39 is 0 Å². The number of hydrogen-bond donors (Lipinski definition) is 0. The molecule has 3 rings (SSSR count). The first-order valence-corrected chi connectivity index (χ1v) is 8.98. The highest BCUT2D eigenvalue weighted by Gasteiger charge is 2.46. The monoisotopic (exact) mass is 292 g/mol. The molecule has 1 fully saturated rings. The molecule has 3 aliphatic rings. The van der Waals surface area contributed by atoms with E-state index in [1.807, 2.05) is 0 Å². The highest BCUT2D eigenvalue weighted by atomic mass is 16.7. The van der Waals surface area contributed by atoms with Crippen LogP contribution in [0.4, 0.5) is 0 Å². The summed E-state index contributed by atoms with van der Waals surface area (Å²) in [6, 6.07) is 0. The van der Waals surface area contributed by atoms with Crippen molar-refractivity contribution in [1.29, 1.82) is 0 Å². The predicted molar refractivity (Wildman–Crippen MR) is 86.1 cm³/mol. The van der Waals surface area contributed by atoms with E-state index in [1.54, 1.807) is 11.1 Å². The van der Waals surface area contributed by atoms with Gasteiger partial charge in [0, 0.05) is 13.0 Å². The minimum absolute atomic E-state index is 0.0768. The maximum Gasteiger partial charge on any atom is 0.158 e. The summed E-state index contributed by atoms with van der Waals surface area (Å²) >= 11 is 0. The fraction of sp³-hybridized carbons (Fsp3) is 0.895. The molecule has 0 saturated carbocycles. The van der Waals surface area contributed by atoms with Gasteiger partial charge in [-0.1, -0.05) is 39.7 Å². The van der Waals surface area contributed by atoms with E-state index in [9.17, 15) is 0 Å². The first kappa shape index (κ1) is 15.6. The van der Waals surface area contributed by atoms with Crippen LogP contribution < -0.4 is 0 Å². The second-order valence-corrected chi connectivity index (χ2v) is 8.44. The summed E-state index contributed by atoms with van der Waals surface area (Å²) in [6.07, 6.45) is 9.21. The lowest BCUT2D eigenvalue weighted by molar-refractivity contribution is -0.140. The molecule has 0 amide bonds. The van der Waals surface area contributed by atoms with E-state index in [1.165, 1.54) is 32.1 Å². The third kappa shape index (κ3) is 3.37. The summed E-state index contributed by atoms with van der Waals surface area (Å²) < 4.78 is 11.9. The molecule has 0 bridgehead atoms. The Hall–Kier alpha value is -0.340. The average molecular weight is 292 g/mol. The van der Waals surface area contributed by atoms with E-state index >= 15 is 0 Å². The van der Waals surface area contributed by atoms with Crippen LogP contribution in [0, 0.1) is 17.3 Å². The molecule has 2 nitrogen and oxygen atoms in total. The van der Waals surface area contributed by atoms with E-state index in [2.05, 4.69) is 27.7 Å².